The van der Waals surface area contributed by atoms with Crippen molar-refractivity contribution in [3.63, 3.8) is 0 Å². The maximum absolute atomic E-state index is 5.54. The second-order valence-corrected chi connectivity index (χ2v) is 3.73. The lowest BCUT2D eigenvalue weighted by molar-refractivity contribution is 0.394. The van der Waals surface area contributed by atoms with Crippen LogP contribution in [0.2, 0.25) is 0 Å². The first-order chi connectivity index (χ1) is 7.18. The van der Waals surface area contributed by atoms with E-state index in [1.54, 1.807) is 12.3 Å². The third-order valence-corrected chi connectivity index (χ3v) is 1.97. The molecule has 0 bridgehead atoms. The number of nitrogen functional groups attached to an aromatic ring is 1. The fourth-order valence-corrected chi connectivity index (χ4v) is 1.22. The Bertz CT molecular complexity index is 287. The molecule has 5 nitrogen and oxygen atoms in total. The van der Waals surface area contributed by atoms with Crippen LogP contribution < -0.4 is 11.1 Å². The number of aromatic nitrogens is 2. The largest absolute Gasteiger partial charge is 0.384 e. The van der Waals surface area contributed by atoms with Crippen LogP contribution in [-0.4, -0.2) is 42.1 Å². The lowest BCUT2D eigenvalue weighted by Gasteiger charge is -2.09. The van der Waals surface area contributed by atoms with Crippen LogP contribution in [-0.2, 0) is 6.54 Å². The van der Waals surface area contributed by atoms with E-state index in [0.29, 0.717) is 12.4 Å². The molecule has 0 atom stereocenters. The van der Waals surface area contributed by atoms with Gasteiger partial charge in [-0.25, -0.2) is 9.97 Å². The van der Waals surface area contributed by atoms with Gasteiger partial charge in [0.15, 0.2) is 0 Å². The third kappa shape index (κ3) is 5.29. The fraction of sp³-hybridized carbons (Fsp3) is 0.600. The molecule has 0 fully saturated rings. The van der Waals surface area contributed by atoms with Crippen molar-refractivity contribution in [2.45, 2.75) is 13.0 Å². The summed E-state index contributed by atoms with van der Waals surface area (Å²) in [4.78, 5) is 10.4. The van der Waals surface area contributed by atoms with Crippen molar-refractivity contribution in [3.05, 3.63) is 18.1 Å². The van der Waals surface area contributed by atoms with Gasteiger partial charge in [0.05, 0.1) is 6.54 Å². The summed E-state index contributed by atoms with van der Waals surface area (Å²) in [5, 5.41) is 3.28. The van der Waals surface area contributed by atoms with Crippen LogP contribution in [0.3, 0.4) is 0 Å². The van der Waals surface area contributed by atoms with Crippen LogP contribution in [0.25, 0.3) is 0 Å². The minimum Gasteiger partial charge on any atom is -0.384 e. The number of nitrogens with two attached hydrogens (primary N) is 1. The van der Waals surface area contributed by atoms with E-state index < -0.39 is 0 Å². The van der Waals surface area contributed by atoms with E-state index in [1.807, 2.05) is 0 Å². The average Bonchev–Trinajstić information content (AvgIpc) is 2.17. The van der Waals surface area contributed by atoms with Gasteiger partial charge in [-0.1, -0.05) is 0 Å². The number of nitrogens with one attached hydrogen (secondary N) is 1. The van der Waals surface area contributed by atoms with E-state index >= 15 is 0 Å². The molecule has 0 spiro atoms. The zero-order valence-corrected chi connectivity index (χ0v) is 9.40. The molecule has 0 unspecified atom stereocenters. The Morgan fingerprint density at radius 1 is 1.47 bits per heavy atom. The summed E-state index contributed by atoms with van der Waals surface area (Å²) in [6, 6.07) is 1.69. The highest BCUT2D eigenvalue weighted by atomic mass is 15.1. The molecule has 0 aromatic carbocycles. The van der Waals surface area contributed by atoms with Crippen molar-refractivity contribution in [1.82, 2.24) is 20.2 Å². The Balaban J connectivity index is 2.15. The second-order valence-electron chi connectivity index (χ2n) is 3.73. The van der Waals surface area contributed by atoms with E-state index in [9.17, 15) is 0 Å². The Labute approximate surface area is 90.7 Å². The van der Waals surface area contributed by atoms with Gasteiger partial charge >= 0.3 is 0 Å². The fourth-order valence-electron chi connectivity index (χ4n) is 1.22. The maximum Gasteiger partial charge on any atom is 0.144 e. The molecule has 0 aliphatic heterocycles. The van der Waals surface area contributed by atoms with Gasteiger partial charge in [0.2, 0.25) is 0 Å². The van der Waals surface area contributed by atoms with Gasteiger partial charge in [0.25, 0.3) is 0 Å². The molecule has 1 aromatic heterocycles. The van der Waals surface area contributed by atoms with Gasteiger partial charge in [-0.3, -0.25) is 0 Å². The highest BCUT2D eigenvalue weighted by Gasteiger charge is 1.96. The zero-order valence-electron chi connectivity index (χ0n) is 9.40. The lowest BCUT2D eigenvalue weighted by Crippen LogP contribution is -2.21. The molecule has 1 heterocycles. The molecule has 15 heavy (non-hydrogen) atoms. The maximum atomic E-state index is 5.54. The number of nitrogens with zero attached hydrogens (tertiary/aromatic N) is 3. The predicted molar refractivity (Wildman–Crippen MR) is 61.3 cm³/mol. The summed E-state index contributed by atoms with van der Waals surface area (Å²) in [5.41, 5.74) is 5.54. The molecular weight excluding hydrogens is 190 g/mol. The summed E-state index contributed by atoms with van der Waals surface area (Å²) in [6.45, 7) is 2.74. The Morgan fingerprint density at radius 2 is 2.27 bits per heavy atom. The Hall–Kier alpha value is -1.20. The van der Waals surface area contributed by atoms with Crippen LogP contribution in [0, 0.1) is 0 Å². The van der Waals surface area contributed by atoms with Crippen LogP contribution in [0.5, 0.6) is 0 Å². The Morgan fingerprint density at radius 3 is 2.93 bits per heavy atom. The van der Waals surface area contributed by atoms with E-state index in [2.05, 4.69) is 34.3 Å². The van der Waals surface area contributed by atoms with Crippen LogP contribution >= 0.6 is 0 Å². The summed E-state index contributed by atoms with van der Waals surface area (Å²) >= 11 is 0. The molecule has 1 rings (SSSR count). The first-order valence-corrected chi connectivity index (χ1v) is 5.11. The van der Waals surface area contributed by atoms with Crippen LogP contribution in [0.15, 0.2) is 12.3 Å². The summed E-state index contributed by atoms with van der Waals surface area (Å²) in [5.74, 6) is 1.27. The minimum atomic E-state index is 0.523. The van der Waals surface area contributed by atoms with Crippen molar-refractivity contribution in [3.8, 4) is 0 Å². The molecule has 3 N–H and O–H groups in total. The molecule has 84 valence electrons. The van der Waals surface area contributed by atoms with Gasteiger partial charge in [-0.15, -0.1) is 0 Å². The van der Waals surface area contributed by atoms with Crippen molar-refractivity contribution in [2.24, 2.45) is 0 Å². The molecular formula is C10H19N5. The molecule has 0 saturated heterocycles. The van der Waals surface area contributed by atoms with E-state index in [0.717, 1.165) is 25.3 Å². The van der Waals surface area contributed by atoms with Crippen molar-refractivity contribution in [1.29, 1.82) is 0 Å². The highest BCUT2D eigenvalue weighted by Crippen LogP contribution is 1.95. The van der Waals surface area contributed by atoms with E-state index in [-0.39, 0.29) is 0 Å². The van der Waals surface area contributed by atoms with Crippen LogP contribution in [0.4, 0.5) is 5.82 Å². The molecule has 0 aliphatic carbocycles. The second kappa shape index (κ2) is 6.31. The topological polar surface area (TPSA) is 67.1 Å². The molecule has 0 aliphatic rings. The number of hydrogen-bond donors (Lipinski definition) is 2. The molecule has 0 amide bonds. The lowest BCUT2D eigenvalue weighted by atomic mass is 10.4. The molecule has 0 radical (unpaired) electrons. The normalized spacial score (nSPS) is 10.9. The first kappa shape index (κ1) is 11.9. The third-order valence-electron chi connectivity index (χ3n) is 1.97. The Kier molecular flexibility index (Phi) is 5.00. The summed E-state index contributed by atoms with van der Waals surface area (Å²) in [7, 11) is 4.14. The SMILES string of the molecule is CN(C)CCCNCc1nccc(N)n1. The number of hydrogen-bond acceptors (Lipinski definition) is 5. The van der Waals surface area contributed by atoms with Gasteiger partial charge < -0.3 is 16.0 Å². The highest BCUT2D eigenvalue weighted by molar-refractivity contribution is 5.24. The van der Waals surface area contributed by atoms with Crippen LogP contribution in [0.1, 0.15) is 12.2 Å². The van der Waals surface area contributed by atoms with E-state index in [1.165, 1.54) is 0 Å². The molecule has 0 saturated carbocycles. The number of anilines is 1. The zero-order chi connectivity index (χ0) is 11.1. The van der Waals surface area contributed by atoms with Gasteiger partial charge in [-0.2, -0.15) is 0 Å². The van der Waals surface area contributed by atoms with Crippen molar-refractivity contribution < 1.29 is 0 Å². The standard InChI is InChI=1S/C10H19N5/c1-15(2)7-3-5-12-8-10-13-6-4-9(11)14-10/h4,6,12H,3,5,7-8H2,1-2H3,(H2,11,13,14). The minimum absolute atomic E-state index is 0.523. The van der Waals surface area contributed by atoms with Gasteiger partial charge in [0.1, 0.15) is 11.6 Å². The first-order valence-electron chi connectivity index (χ1n) is 5.11. The smallest absolute Gasteiger partial charge is 0.144 e. The molecule has 5 heteroatoms. The van der Waals surface area contributed by atoms with Gasteiger partial charge in [-0.05, 0) is 39.7 Å². The van der Waals surface area contributed by atoms with Gasteiger partial charge in [0, 0.05) is 6.20 Å². The van der Waals surface area contributed by atoms with Crippen molar-refractivity contribution in [2.75, 3.05) is 32.9 Å². The summed E-state index contributed by atoms with van der Waals surface area (Å²) in [6.07, 6.45) is 2.80. The monoisotopic (exact) mass is 209 g/mol. The number of rotatable bonds is 6. The quantitative estimate of drug-likeness (QED) is 0.650. The van der Waals surface area contributed by atoms with E-state index in [4.69, 9.17) is 5.73 Å². The predicted octanol–water partition coefficient (Wildman–Crippen LogP) is 0.100. The molecule has 1 aromatic rings. The van der Waals surface area contributed by atoms with Crippen molar-refractivity contribution >= 4 is 5.82 Å². The summed E-state index contributed by atoms with van der Waals surface area (Å²) < 4.78 is 0. The average molecular weight is 209 g/mol.